The van der Waals surface area contributed by atoms with Crippen LogP contribution >= 0.6 is 0 Å². The van der Waals surface area contributed by atoms with Crippen LogP contribution in [0.15, 0.2) is 77.7 Å². The molecule has 0 aromatic heterocycles. The van der Waals surface area contributed by atoms with Crippen molar-refractivity contribution in [1.29, 1.82) is 0 Å². The third-order valence-corrected chi connectivity index (χ3v) is 6.65. The second-order valence-electron chi connectivity index (χ2n) is 7.56. The van der Waals surface area contributed by atoms with Crippen LogP contribution in [0.1, 0.15) is 34.3 Å². The van der Waals surface area contributed by atoms with E-state index in [4.69, 9.17) is 9.47 Å². The maximum Gasteiger partial charge on any atom is 0.251 e. The second kappa shape index (κ2) is 9.42. The van der Waals surface area contributed by atoms with Crippen molar-refractivity contribution in [2.45, 2.75) is 24.3 Å². The van der Waals surface area contributed by atoms with E-state index < -0.39 is 10.0 Å². The first-order valence-electron chi connectivity index (χ1n) is 10.2. The smallest absolute Gasteiger partial charge is 0.251 e. The summed E-state index contributed by atoms with van der Waals surface area (Å²) in [5.41, 5.74) is 2.15. The van der Waals surface area contributed by atoms with Crippen molar-refractivity contribution in [2.24, 2.45) is 0 Å². The van der Waals surface area contributed by atoms with E-state index >= 15 is 0 Å². The van der Waals surface area contributed by atoms with Crippen LogP contribution in [-0.4, -0.2) is 27.7 Å². The molecule has 0 saturated heterocycles. The standard InChI is InChI=1S/C24H24N2O5S/c1-17(19-6-3-2-4-7-19)14-25-24(27)20-8-5-9-21(13-20)32(28,29)26-15-18-10-11-22-23(12-18)31-16-30-22/h2-13,17,26H,14-16H2,1H3,(H,25,27)/t17-/m1/s1. The molecule has 0 aliphatic carbocycles. The number of carbonyl (C=O) groups is 1. The first-order valence-corrected chi connectivity index (χ1v) is 11.7. The Balaban J connectivity index is 1.39. The fourth-order valence-electron chi connectivity index (χ4n) is 3.36. The van der Waals surface area contributed by atoms with Gasteiger partial charge < -0.3 is 14.8 Å². The van der Waals surface area contributed by atoms with Crippen LogP contribution < -0.4 is 19.5 Å². The molecule has 3 aromatic rings. The lowest BCUT2D eigenvalue weighted by Gasteiger charge is -2.13. The highest BCUT2D eigenvalue weighted by Gasteiger charge is 2.18. The zero-order valence-electron chi connectivity index (χ0n) is 17.6. The maximum atomic E-state index is 12.8. The molecule has 0 spiro atoms. The summed E-state index contributed by atoms with van der Waals surface area (Å²) in [6.07, 6.45) is 0. The fraction of sp³-hybridized carbons (Fsp3) is 0.208. The second-order valence-corrected chi connectivity index (χ2v) is 9.33. The van der Waals surface area contributed by atoms with Gasteiger partial charge in [0.05, 0.1) is 4.90 Å². The van der Waals surface area contributed by atoms with Crippen LogP contribution in [0.4, 0.5) is 0 Å². The molecule has 0 fully saturated rings. The molecular weight excluding hydrogens is 428 g/mol. The third-order valence-electron chi connectivity index (χ3n) is 5.25. The highest BCUT2D eigenvalue weighted by molar-refractivity contribution is 7.89. The van der Waals surface area contributed by atoms with E-state index in [0.717, 1.165) is 11.1 Å². The number of sulfonamides is 1. The molecule has 1 aliphatic rings. The largest absolute Gasteiger partial charge is 0.454 e. The molecule has 166 valence electrons. The number of nitrogens with one attached hydrogen (secondary N) is 2. The molecule has 4 rings (SSSR count). The topological polar surface area (TPSA) is 93.7 Å². The number of rotatable bonds is 8. The summed E-state index contributed by atoms with van der Waals surface area (Å²) in [4.78, 5) is 12.6. The van der Waals surface area contributed by atoms with Crippen LogP contribution in [0.2, 0.25) is 0 Å². The zero-order chi connectivity index (χ0) is 22.6. The predicted molar refractivity (Wildman–Crippen MR) is 120 cm³/mol. The SMILES string of the molecule is C[C@H](CNC(=O)c1cccc(S(=O)(=O)NCc2ccc3c(c2)OCO3)c1)c1ccccc1. The Morgan fingerprint density at radius 3 is 2.56 bits per heavy atom. The molecule has 8 heteroatoms. The van der Waals surface area contributed by atoms with Gasteiger partial charge in [-0.1, -0.05) is 49.4 Å². The van der Waals surface area contributed by atoms with Crippen LogP contribution in [0.3, 0.4) is 0 Å². The summed E-state index contributed by atoms with van der Waals surface area (Å²) < 4.78 is 38.7. The van der Waals surface area contributed by atoms with Crippen LogP contribution in [0.25, 0.3) is 0 Å². The molecule has 32 heavy (non-hydrogen) atoms. The molecule has 2 N–H and O–H groups in total. The fourth-order valence-corrected chi connectivity index (χ4v) is 4.43. The van der Waals surface area contributed by atoms with E-state index in [2.05, 4.69) is 10.0 Å². The molecule has 0 bridgehead atoms. The Morgan fingerprint density at radius 2 is 1.75 bits per heavy atom. The van der Waals surface area contributed by atoms with Crippen molar-refractivity contribution in [1.82, 2.24) is 10.0 Å². The number of carbonyl (C=O) groups excluding carboxylic acids is 1. The number of hydrogen-bond donors (Lipinski definition) is 2. The van der Waals surface area contributed by atoms with Gasteiger partial charge in [0.2, 0.25) is 16.8 Å². The van der Waals surface area contributed by atoms with E-state index in [1.54, 1.807) is 30.3 Å². The van der Waals surface area contributed by atoms with Gasteiger partial charge in [0.1, 0.15) is 0 Å². The van der Waals surface area contributed by atoms with Gasteiger partial charge >= 0.3 is 0 Å². The van der Waals surface area contributed by atoms with E-state index in [0.29, 0.717) is 18.0 Å². The van der Waals surface area contributed by atoms with Gasteiger partial charge in [0.15, 0.2) is 11.5 Å². The van der Waals surface area contributed by atoms with Crippen molar-refractivity contribution in [3.05, 3.63) is 89.5 Å². The molecular formula is C24H24N2O5S. The monoisotopic (exact) mass is 452 g/mol. The number of amides is 1. The Morgan fingerprint density at radius 1 is 0.969 bits per heavy atom. The summed E-state index contributed by atoms with van der Waals surface area (Å²) in [7, 11) is -3.80. The summed E-state index contributed by atoms with van der Waals surface area (Å²) in [5, 5.41) is 2.88. The average Bonchev–Trinajstić information content (AvgIpc) is 3.29. The van der Waals surface area contributed by atoms with E-state index in [1.807, 2.05) is 37.3 Å². The quantitative estimate of drug-likeness (QED) is 0.546. The van der Waals surface area contributed by atoms with Gasteiger partial charge in [-0.25, -0.2) is 13.1 Å². The van der Waals surface area contributed by atoms with Gasteiger partial charge in [-0.3, -0.25) is 4.79 Å². The van der Waals surface area contributed by atoms with Crippen molar-refractivity contribution < 1.29 is 22.7 Å². The Kier molecular flexibility index (Phi) is 6.43. The van der Waals surface area contributed by atoms with Crippen molar-refractivity contribution in [3.8, 4) is 11.5 Å². The zero-order valence-corrected chi connectivity index (χ0v) is 18.4. The molecule has 1 atom stereocenters. The van der Waals surface area contributed by atoms with E-state index in [-0.39, 0.29) is 35.6 Å². The summed E-state index contributed by atoms with van der Waals surface area (Å²) in [6, 6.07) is 21.1. The minimum Gasteiger partial charge on any atom is -0.454 e. The lowest BCUT2D eigenvalue weighted by atomic mass is 10.0. The molecule has 0 saturated carbocycles. The summed E-state index contributed by atoms with van der Waals surface area (Å²) in [6.45, 7) is 2.71. The molecule has 1 aliphatic heterocycles. The van der Waals surface area contributed by atoms with Gasteiger partial charge in [-0.2, -0.15) is 0 Å². The Labute approximate surface area is 187 Å². The van der Waals surface area contributed by atoms with Crippen LogP contribution in [-0.2, 0) is 16.6 Å². The number of benzene rings is 3. The first-order chi connectivity index (χ1) is 15.4. The summed E-state index contributed by atoms with van der Waals surface area (Å²) >= 11 is 0. The predicted octanol–water partition coefficient (Wildman–Crippen LogP) is 3.43. The third kappa shape index (κ3) is 5.09. The Hall–Kier alpha value is -3.36. The highest BCUT2D eigenvalue weighted by Crippen LogP contribution is 2.32. The van der Waals surface area contributed by atoms with Gasteiger partial charge in [-0.15, -0.1) is 0 Å². The molecule has 3 aromatic carbocycles. The maximum absolute atomic E-state index is 12.8. The van der Waals surface area contributed by atoms with E-state index in [9.17, 15) is 13.2 Å². The van der Waals surface area contributed by atoms with Crippen LogP contribution in [0.5, 0.6) is 11.5 Å². The molecule has 0 unspecified atom stereocenters. The average molecular weight is 453 g/mol. The summed E-state index contributed by atoms with van der Waals surface area (Å²) in [5.74, 6) is 1.04. The number of fused-ring (bicyclic) bond motifs is 1. The van der Waals surface area contributed by atoms with Gasteiger partial charge in [0, 0.05) is 18.7 Å². The minimum absolute atomic E-state index is 0.0296. The molecule has 1 heterocycles. The van der Waals surface area contributed by atoms with Crippen molar-refractivity contribution >= 4 is 15.9 Å². The Bertz CT molecular complexity index is 1210. The molecule has 0 radical (unpaired) electrons. The normalized spacial score (nSPS) is 13.5. The highest BCUT2D eigenvalue weighted by atomic mass is 32.2. The van der Waals surface area contributed by atoms with Gasteiger partial charge in [0.25, 0.3) is 5.91 Å². The minimum atomic E-state index is -3.80. The van der Waals surface area contributed by atoms with Crippen molar-refractivity contribution in [3.63, 3.8) is 0 Å². The molecule has 7 nitrogen and oxygen atoms in total. The number of ether oxygens (including phenoxy) is 2. The van der Waals surface area contributed by atoms with Crippen LogP contribution in [0, 0.1) is 0 Å². The first kappa shape index (κ1) is 21.9. The van der Waals surface area contributed by atoms with E-state index in [1.165, 1.54) is 12.1 Å². The number of hydrogen-bond acceptors (Lipinski definition) is 5. The van der Waals surface area contributed by atoms with Crippen molar-refractivity contribution in [2.75, 3.05) is 13.3 Å². The molecule has 1 amide bonds. The lowest BCUT2D eigenvalue weighted by molar-refractivity contribution is 0.0951. The lowest BCUT2D eigenvalue weighted by Crippen LogP contribution is -2.28. The van der Waals surface area contributed by atoms with Gasteiger partial charge in [-0.05, 0) is 47.4 Å².